The highest BCUT2D eigenvalue weighted by Gasteiger charge is 2.23. The minimum atomic E-state index is -0.561. The Bertz CT molecular complexity index is 470. The smallest absolute Gasteiger partial charge is 0.361 e. The van der Waals surface area contributed by atoms with Crippen molar-refractivity contribution in [2.24, 2.45) is 5.11 Å². The first-order chi connectivity index (χ1) is 8.94. The lowest BCUT2D eigenvalue weighted by atomic mass is 10.1. The van der Waals surface area contributed by atoms with Crippen LogP contribution in [-0.2, 0) is 11.2 Å². The van der Waals surface area contributed by atoms with Crippen molar-refractivity contribution < 1.29 is 9.53 Å². The molecule has 0 fully saturated rings. The van der Waals surface area contributed by atoms with Gasteiger partial charge >= 0.3 is 5.97 Å². The number of esters is 1. The molecule has 0 atom stereocenters. The number of azide groups is 1. The lowest BCUT2D eigenvalue weighted by Crippen LogP contribution is -2.24. The Morgan fingerprint density at radius 1 is 1.42 bits per heavy atom. The van der Waals surface area contributed by atoms with E-state index < -0.39 is 11.6 Å². The molecule has 0 bridgehead atoms. The number of aromatic nitrogens is 3. The Morgan fingerprint density at radius 2 is 2.16 bits per heavy atom. The number of rotatable bonds is 6. The van der Waals surface area contributed by atoms with Crippen LogP contribution in [0.4, 0.5) is 0 Å². The molecule has 0 saturated heterocycles. The zero-order valence-corrected chi connectivity index (χ0v) is 11.4. The minimum Gasteiger partial charge on any atom is -0.455 e. The number of H-pyrrole nitrogens is 1. The minimum absolute atomic E-state index is 0.221. The Balaban J connectivity index is 2.55. The van der Waals surface area contributed by atoms with Crippen LogP contribution in [0.2, 0.25) is 0 Å². The van der Waals surface area contributed by atoms with Crippen LogP contribution >= 0.6 is 0 Å². The van der Waals surface area contributed by atoms with Crippen molar-refractivity contribution >= 4 is 5.97 Å². The quantitative estimate of drug-likeness (QED) is 0.279. The van der Waals surface area contributed by atoms with Crippen LogP contribution < -0.4 is 0 Å². The molecule has 0 aromatic carbocycles. The maximum Gasteiger partial charge on any atom is 0.361 e. The fraction of sp³-hybridized carbons (Fsp3) is 0.727. The van der Waals surface area contributed by atoms with Gasteiger partial charge in [-0.3, -0.25) is 0 Å². The zero-order chi connectivity index (χ0) is 14.3. The maximum atomic E-state index is 11.9. The van der Waals surface area contributed by atoms with Crippen LogP contribution in [-0.4, -0.2) is 33.5 Å². The topological polar surface area (TPSA) is 117 Å². The molecule has 1 aromatic heterocycles. The van der Waals surface area contributed by atoms with E-state index in [2.05, 4.69) is 25.4 Å². The second-order valence-corrected chi connectivity index (χ2v) is 5.03. The van der Waals surface area contributed by atoms with Gasteiger partial charge in [-0.05, 0) is 45.6 Å². The molecular weight excluding hydrogens is 248 g/mol. The van der Waals surface area contributed by atoms with E-state index in [4.69, 9.17) is 10.3 Å². The van der Waals surface area contributed by atoms with Gasteiger partial charge in [-0.1, -0.05) is 5.11 Å². The molecule has 0 saturated carbocycles. The maximum absolute atomic E-state index is 11.9. The van der Waals surface area contributed by atoms with Crippen LogP contribution in [0.15, 0.2) is 5.11 Å². The van der Waals surface area contributed by atoms with Crippen molar-refractivity contribution in [3.8, 4) is 0 Å². The van der Waals surface area contributed by atoms with Gasteiger partial charge in [-0.25, -0.2) is 4.79 Å². The van der Waals surface area contributed by atoms with Crippen molar-refractivity contribution in [3.05, 3.63) is 21.8 Å². The van der Waals surface area contributed by atoms with Crippen LogP contribution in [0.25, 0.3) is 10.4 Å². The van der Waals surface area contributed by atoms with E-state index in [0.717, 1.165) is 12.8 Å². The first-order valence-corrected chi connectivity index (χ1v) is 6.08. The lowest BCUT2D eigenvalue weighted by Gasteiger charge is -2.18. The average Bonchev–Trinajstić information content (AvgIpc) is 2.75. The predicted octanol–water partition coefficient (Wildman–Crippen LogP) is 2.39. The molecule has 0 amide bonds. The summed E-state index contributed by atoms with van der Waals surface area (Å²) in [7, 11) is 0. The van der Waals surface area contributed by atoms with Crippen molar-refractivity contribution in [2.75, 3.05) is 6.54 Å². The molecule has 19 heavy (non-hydrogen) atoms. The van der Waals surface area contributed by atoms with Crippen molar-refractivity contribution in [2.45, 2.75) is 45.6 Å². The van der Waals surface area contributed by atoms with Crippen LogP contribution in [0.1, 0.15) is 49.8 Å². The van der Waals surface area contributed by atoms with Gasteiger partial charge in [-0.15, -0.1) is 5.10 Å². The number of nitrogens with one attached hydrogen (secondary N) is 1. The van der Waals surface area contributed by atoms with E-state index in [0.29, 0.717) is 18.7 Å². The van der Waals surface area contributed by atoms with E-state index >= 15 is 0 Å². The number of ether oxygens (including phenoxy) is 1. The Kier molecular flexibility index (Phi) is 5.32. The number of carbonyl (C=O) groups excluding carboxylic acids is 1. The molecule has 0 radical (unpaired) electrons. The number of nitrogens with zero attached hydrogens (tertiary/aromatic N) is 5. The summed E-state index contributed by atoms with van der Waals surface area (Å²) in [5.74, 6) is -0.480. The van der Waals surface area contributed by atoms with Crippen LogP contribution in [0.3, 0.4) is 0 Å². The first-order valence-electron chi connectivity index (χ1n) is 6.08. The molecule has 0 aliphatic heterocycles. The van der Waals surface area contributed by atoms with E-state index in [1.165, 1.54) is 0 Å². The van der Waals surface area contributed by atoms with Gasteiger partial charge in [-0.2, -0.15) is 10.3 Å². The van der Waals surface area contributed by atoms with Gasteiger partial charge in [0.05, 0.1) is 5.69 Å². The summed E-state index contributed by atoms with van der Waals surface area (Å²) in [4.78, 5) is 14.5. The van der Waals surface area contributed by atoms with Gasteiger partial charge in [0.25, 0.3) is 0 Å². The highest BCUT2D eigenvalue weighted by atomic mass is 16.6. The number of aryl methyl sites for hydroxylation is 1. The van der Waals surface area contributed by atoms with Gasteiger partial charge in [0.1, 0.15) is 5.60 Å². The number of hydrogen-bond acceptors (Lipinski definition) is 5. The van der Waals surface area contributed by atoms with Crippen LogP contribution in [0, 0.1) is 0 Å². The molecule has 0 spiro atoms. The largest absolute Gasteiger partial charge is 0.455 e. The molecule has 1 heterocycles. The molecule has 8 heteroatoms. The van der Waals surface area contributed by atoms with Gasteiger partial charge in [0.2, 0.25) is 0 Å². The van der Waals surface area contributed by atoms with Crippen LogP contribution in [0.5, 0.6) is 0 Å². The molecule has 1 N–H and O–H groups in total. The number of hydrogen-bond donors (Lipinski definition) is 1. The van der Waals surface area contributed by atoms with Gasteiger partial charge in [0.15, 0.2) is 5.69 Å². The Labute approximate surface area is 111 Å². The third-order valence-corrected chi connectivity index (χ3v) is 2.20. The molecule has 8 nitrogen and oxygen atoms in total. The molecule has 1 aromatic rings. The monoisotopic (exact) mass is 266 g/mol. The normalized spacial score (nSPS) is 10.9. The SMILES string of the molecule is CC(C)(C)OC(=O)c1n[nH]nc1CCCCN=[N+]=[N-]. The van der Waals surface area contributed by atoms with Crippen molar-refractivity contribution in [3.63, 3.8) is 0 Å². The summed E-state index contributed by atoms with van der Waals surface area (Å²) in [5.41, 5.74) is 8.38. The molecule has 104 valence electrons. The molecule has 0 aliphatic carbocycles. The fourth-order valence-electron chi connectivity index (χ4n) is 1.44. The van der Waals surface area contributed by atoms with Gasteiger partial charge < -0.3 is 4.74 Å². The van der Waals surface area contributed by atoms with E-state index in [-0.39, 0.29) is 5.69 Å². The van der Waals surface area contributed by atoms with E-state index in [1.54, 1.807) is 20.8 Å². The number of unbranched alkanes of at least 4 members (excludes halogenated alkanes) is 1. The molecule has 1 rings (SSSR count). The average molecular weight is 266 g/mol. The Hall–Kier alpha value is -2.08. The first kappa shape index (κ1) is 15.0. The highest BCUT2D eigenvalue weighted by molar-refractivity contribution is 5.88. The standard InChI is InChI=1S/C11H18N6O2/c1-11(2,3)19-10(18)9-8(14-17-15-9)6-4-5-7-13-16-12/h4-7H2,1-3H3,(H,14,15,17). The summed E-state index contributed by atoms with van der Waals surface area (Å²) in [6.45, 7) is 5.83. The highest BCUT2D eigenvalue weighted by Crippen LogP contribution is 2.13. The Morgan fingerprint density at radius 3 is 2.79 bits per heavy atom. The summed E-state index contributed by atoms with van der Waals surface area (Å²) in [5, 5.41) is 13.6. The summed E-state index contributed by atoms with van der Waals surface area (Å²) < 4.78 is 5.24. The number of carbonyl (C=O) groups is 1. The van der Waals surface area contributed by atoms with Gasteiger partial charge in [0, 0.05) is 11.5 Å². The molecule has 0 aliphatic rings. The summed E-state index contributed by atoms with van der Waals surface area (Å²) in [6, 6.07) is 0. The van der Waals surface area contributed by atoms with E-state index in [1.807, 2.05) is 0 Å². The summed E-state index contributed by atoms with van der Waals surface area (Å²) in [6.07, 6.45) is 2.10. The van der Waals surface area contributed by atoms with E-state index in [9.17, 15) is 4.79 Å². The third-order valence-electron chi connectivity index (χ3n) is 2.20. The van der Waals surface area contributed by atoms with Crippen molar-refractivity contribution in [1.82, 2.24) is 15.4 Å². The fourth-order valence-corrected chi connectivity index (χ4v) is 1.44. The van der Waals surface area contributed by atoms with Crippen molar-refractivity contribution in [1.29, 1.82) is 0 Å². The second kappa shape index (κ2) is 6.75. The molecule has 0 unspecified atom stereocenters. The predicted molar refractivity (Wildman–Crippen MR) is 68.5 cm³/mol. The molecular formula is C11H18N6O2. The third kappa shape index (κ3) is 5.39. The number of aromatic amines is 1. The second-order valence-electron chi connectivity index (χ2n) is 5.03. The lowest BCUT2D eigenvalue weighted by molar-refractivity contribution is 0.00615. The summed E-state index contributed by atoms with van der Waals surface area (Å²) >= 11 is 0. The zero-order valence-electron chi connectivity index (χ0n) is 11.4.